The van der Waals surface area contributed by atoms with Crippen LogP contribution in [0.5, 0.6) is 5.75 Å². The van der Waals surface area contributed by atoms with Gasteiger partial charge in [-0.15, -0.1) is 0 Å². The van der Waals surface area contributed by atoms with Crippen molar-refractivity contribution in [2.75, 3.05) is 6.61 Å². The molecule has 1 rings (SSSR count). The van der Waals surface area contributed by atoms with Crippen LogP contribution in [-0.2, 0) is 4.74 Å². The predicted octanol–water partition coefficient (Wildman–Crippen LogP) is 3.78. The summed E-state index contributed by atoms with van der Waals surface area (Å²) < 4.78 is 11.2. The Balaban J connectivity index is 2.29. The number of ether oxygens (including phenoxy) is 2. The largest absolute Gasteiger partial charge is 0.461 e. The van der Waals surface area contributed by atoms with Crippen LogP contribution in [-0.4, -0.2) is 12.9 Å². The minimum Gasteiger partial charge on any atom is -0.461 e. The lowest BCUT2D eigenvalue weighted by Gasteiger charge is -2.15. The first-order valence-corrected chi connectivity index (χ1v) is 5.82. The molecule has 1 aromatic carbocycles. The number of unbranched alkanes of at least 4 members (excludes halogenated alkanes) is 2. The van der Waals surface area contributed by atoms with Crippen molar-refractivity contribution in [3.8, 4) is 5.75 Å². The molecule has 0 bridgehead atoms. The molecule has 0 spiro atoms. The molecule has 0 saturated carbocycles. The Morgan fingerprint density at radius 1 is 1.25 bits per heavy atom. The van der Waals surface area contributed by atoms with E-state index in [0.717, 1.165) is 18.8 Å². The van der Waals surface area contributed by atoms with Gasteiger partial charge in [-0.25, -0.2) is 0 Å². The summed E-state index contributed by atoms with van der Waals surface area (Å²) >= 11 is 0. The van der Waals surface area contributed by atoms with Gasteiger partial charge in [0.15, 0.2) is 0 Å². The lowest BCUT2D eigenvalue weighted by atomic mass is 10.3. The average molecular weight is 220 g/mol. The molecule has 0 N–H and O–H groups in total. The van der Waals surface area contributed by atoms with Crippen molar-refractivity contribution in [2.24, 2.45) is 0 Å². The van der Waals surface area contributed by atoms with Crippen LogP contribution in [0.15, 0.2) is 43.0 Å². The first-order chi connectivity index (χ1) is 7.86. The topological polar surface area (TPSA) is 18.5 Å². The van der Waals surface area contributed by atoms with Crippen LogP contribution in [0.1, 0.15) is 26.2 Å². The Labute approximate surface area is 97.9 Å². The third kappa shape index (κ3) is 4.99. The summed E-state index contributed by atoms with van der Waals surface area (Å²) in [6.07, 6.45) is 4.79. The van der Waals surface area contributed by atoms with Gasteiger partial charge in [-0.1, -0.05) is 44.5 Å². The maximum absolute atomic E-state index is 5.60. The maximum atomic E-state index is 5.60. The van der Waals surface area contributed by atoms with Crippen LogP contribution in [0.2, 0.25) is 0 Å². The molecule has 0 heterocycles. The lowest BCUT2D eigenvalue weighted by Crippen LogP contribution is -2.18. The number of hydrogen-bond donors (Lipinski definition) is 0. The Morgan fingerprint density at radius 3 is 2.62 bits per heavy atom. The van der Waals surface area contributed by atoms with E-state index in [1.54, 1.807) is 6.08 Å². The maximum Gasteiger partial charge on any atom is 0.219 e. The van der Waals surface area contributed by atoms with E-state index in [0.29, 0.717) is 0 Å². The van der Waals surface area contributed by atoms with Gasteiger partial charge in [-0.05, 0) is 24.6 Å². The SMILES string of the molecule is C=CC(OCCCCC)Oc1ccccc1. The van der Waals surface area contributed by atoms with E-state index in [2.05, 4.69) is 13.5 Å². The first-order valence-electron chi connectivity index (χ1n) is 5.82. The first kappa shape index (κ1) is 12.8. The minimum absolute atomic E-state index is 0.348. The summed E-state index contributed by atoms with van der Waals surface area (Å²) in [6.45, 7) is 6.60. The van der Waals surface area contributed by atoms with E-state index in [1.165, 1.54) is 12.8 Å². The number of hydrogen-bond acceptors (Lipinski definition) is 2. The Bertz CT molecular complexity index is 282. The molecule has 1 unspecified atom stereocenters. The lowest BCUT2D eigenvalue weighted by molar-refractivity contribution is -0.0468. The molecular formula is C14H20O2. The molecule has 0 fully saturated rings. The van der Waals surface area contributed by atoms with E-state index >= 15 is 0 Å². The van der Waals surface area contributed by atoms with Gasteiger partial charge in [0.1, 0.15) is 5.75 Å². The second-order valence-electron chi connectivity index (χ2n) is 3.61. The molecule has 2 heteroatoms. The summed E-state index contributed by atoms with van der Waals surface area (Å²) in [7, 11) is 0. The third-order valence-corrected chi connectivity index (χ3v) is 2.22. The highest BCUT2D eigenvalue weighted by molar-refractivity contribution is 5.21. The van der Waals surface area contributed by atoms with Crippen molar-refractivity contribution < 1.29 is 9.47 Å². The van der Waals surface area contributed by atoms with Crippen LogP contribution in [0.25, 0.3) is 0 Å². The summed E-state index contributed by atoms with van der Waals surface area (Å²) in [5.41, 5.74) is 0. The molecule has 1 aromatic rings. The van der Waals surface area contributed by atoms with Crippen molar-refractivity contribution in [1.82, 2.24) is 0 Å². The molecule has 0 aliphatic heterocycles. The second kappa shape index (κ2) is 7.94. The molecule has 88 valence electrons. The standard InChI is InChI=1S/C14H20O2/c1-3-5-9-12-15-14(4-2)16-13-10-7-6-8-11-13/h4,6-8,10-11,14H,2-3,5,9,12H2,1H3. The van der Waals surface area contributed by atoms with E-state index in [4.69, 9.17) is 9.47 Å². The Hall–Kier alpha value is -1.28. The van der Waals surface area contributed by atoms with Gasteiger partial charge in [0, 0.05) is 0 Å². The van der Waals surface area contributed by atoms with Crippen molar-refractivity contribution in [2.45, 2.75) is 32.5 Å². The zero-order chi connectivity index (χ0) is 11.6. The van der Waals surface area contributed by atoms with Crippen LogP contribution in [0, 0.1) is 0 Å². The molecule has 0 aliphatic carbocycles. The average Bonchev–Trinajstić information content (AvgIpc) is 2.34. The summed E-state index contributed by atoms with van der Waals surface area (Å²) in [5.74, 6) is 0.808. The van der Waals surface area contributed by atoms with Crippen molar-refractivity contribution in [3.63, 3.8) is 0 Å². The highest BCUT2D eigenvalue weighted by atomic mass is 16.7. The summed E-state index contributed by atoms with van der Waals surface area (Å²) in [6, 6.07) is 9.65. The smallest absolute Gasteiger partial charge is 0.219 e. The fourth-order valence-corrected chi connectivity index (χ4v) is 1.33. The van der Waals surface area contributed by atoms with Gasteiger partial charge in [-0.2, -0.15) is 0 Å². The molecule has 2 nitrogen and oxygen atoms in total. The van der Waals surface area contributed by atoms with Crippen molar-refractivity contribution >= 4 is 0 Å². The van der Waals surface area contributed by atoms with Gasteiger partial charge in [0.25, 0.3) is 0 Å². The summed E-state index contributed by atoms with van der Waals surface area (Å²) in [4.78, 5) is 0. The third-order valence-electron chi connectivity index (χ3n) is 2.22. The minimum atomic E-state index is -0.348. The van der Waals surface area contributed by atoms with Gasteiger partial charge in [0.2, 0.25) is 6.29 Å². The fourth-order valence-electron chi connectivity index (χ4n) is 1.33. The van der Waals surface area contributed by atoms with Gasteiger partial charge >= 0.3 is 0 Å². The quantitative estimate of drug-likeness (QED) is 0.377. The molecule has 0 amide bonds. The second-order valence-corrected chi connectivity index (χ2v) is 3.61. The molecule has 0 aliphatic rings. The van der Waals surface area contributed by atoms with Gasteiger partial charge in [0.05, 0.1) is 6.61 Å². The van der Waals surface area contributed by atoms with Crippen molar-refractivity contribution in [3.05, 3.63) is 43.0 Å². The number of benzene rings is 1. The van der Waals surface area contributed by atoms with Crippen LogP contribution >= 0.6 is 0 Å². The number of para-hydroxylation sites is 1. The van der Waals surface area contributed by atoms with E-state index in [1.807, 2.05) is 30.3 Å². The van der Waals surface area contributed by atoms with Crippen LogP contribution < -0.4 is 4.74 Å². The van der Waals surface area contributed by atoms with Gasteiger partial charge < -0.3 is 9.47 Å². The van der Waals surface area contributed by atoms with Gasteiger partial charge in [-0.3, -0.25) is 0 Å². The van der Waals surface area contributed by atoms with E-state index < -0.39 is 0 Å². The predicted molar refractivity (Wildman–Crippen MR) is 66.5 cm³/mol. The normalized spacial score (nSPS) is 12.1. The molecule has 1 atom stereocenters. The van der Waals surface area contributed by atoms with E-state index in [9.17, 15) is 0 Å². The van der Waals surface area contributed by atoms with Crippen LogP contribution in [0.3, 0.4) is 0 Å². The number of rotatable bonds is 8. The molecule has 0 saturated heterocycles. The van der Waals surface area contributed by atoms with Crippen molar-refractivity contribution in [1.29, 1.82) is 0 Å². The zero-order valence-electron chi connectivity index (χ0n) is 9.89. The highest BCUT2D eigenvalue weighted by Crippen LogP contribution is 2.12. The highest BCUT2D eigenvalue weighted by Gasteiger charge is 2.04. The Kier molecular flexibility index (Phi) is 6.35. The molecule has 0 radical (unpaired) electrons. The molecule has 16 heavy (non-hydrogen) atoms. The van der Waals surface area contributed by atoms with E-state index in [-0.39, 0.29) is 6.29 Å². The Morgan fingerprint density at radius 2 is 2.00 bits per heavy atom. The fraction of sp³-hybridized carbons (Fsp3) is 0.429. The zero-order valence-corrected chi connectivity index (χ0v) is 9.89. The van der Waals surface area contributed by atoms with Crippen LogP contribution in [0.4, 0.5) is 0 Å². The molecular weight excluding hydrogens is 200 g/mol. The monoisotopic (exact) mass is 220 g/mol. The molecule has 0 aromatic heterocycles. The summed E-state index contributed by atoms with van der Waals surface area (Å²) in [5, 5.41) is 0.